The van der Waals surface area contributed by atoms with Crippen molar-refractivity contribution in [3.8, 4) is 0 Å². The Balaban J connectivity index is 1.94. The maximum atomic E-state index is 13.7. The third-order valence-corrected chi connectivity index (χ3v) is 6.22. The summed E-state index contributed by atoms with van der Waals surface area (Å²) >= 11 is 6.03. The summed E-state index contributed by atoms with van der Waals surface area (Å²) in [5, 5.41) is 3.69. The van der Waals surface area contributed by atoms with Crippen LogP contribution in [0.4, 0.5) is 0 Å². The Bertz CT molecular complexity index is 1070. The maximum Gasteiger partial charge on any atom is 0.243 e. The monoisotopic (exact) mass is 476 g/mol. The van der Waals surface area contributed by atoms with Gasteiger partial charge in [-0.15, -0.1) is 0 Å². The summed E-state index contributed by atoms with van der Waals surface area (Å²) in [7, 11) is 0. The second-order valence-corrected chi connectivity index (χ2v) is 9.04. The van der Waals surface area contributed by atoms with Crippen LogP contribution in [0.3, 0.4) is 0 Å². The van der Waals surface area contributed by atoms with Gasteiger partial charge in [-0.05, 0) is 47.7 Å². The standard InChI is InChI=1S/C29H33ClN2O2/c1-3-4-18-31-29(34)27(19-23-11-6-5-7-12-23)32(21-25-13-9-8-10-22(25)2)28(33)20-24-14-16-26(30)17-15-24/h5-17,27H,3-4,18-21H2,1-2H3,(H,31,34)/t27-/m1/s1. The summed E-state index contributed by atoms with van der Waals surface area (Å²) in [6, 6.07) is 24.6. The molecule has 0 aliphatic rings. The normalized spacial score (nSPS) is 11.6. The fraction of sp³-hybridized carbons (Fsp3) is 0.310. The van der Waals surface area contributed by atoms with Gasteiger partial charge in [0.25, 0.3) is 0 Å². The summed E-state index contributed by atoms with van der Waals surface area (Å²) < 4.78 is 0. The molecule has 0 aromatic heterocycles. The van der Waals surface area contributed by atoms with Crippen LogP contribution in [0.5, 0.6) is 0 Å². The zero-order valence-electron chi connectivity index (χ0n) is 20.0. The van der Waals surface area contributed by atoms with Gasteiger partial charge in [-0.1, -0.05) is 91.7 Å². The number of benzene rings is 3. The van der Waals surface area contributed by atoms with Crippen LogP contribution < -0.4 is 5.32 Å². The van der Waals surface area contributed by atoms with Crippen molar-refractivity contribution in [1.29, 1.82) is 0 Å². The molecule has 0 heterocycles. The Morgan fingerprint density at radius 2 is 1.59 bits per heavy atom. The predicted molar refractivity (Wildman–Crippen MR) is 139 cm³/mol. The summed E-state index contributed by atoms with van der Waals surface area (Å²) in [6.07, 6.45) is 2.56. The van der Waals surface area contributed by atoms with Crippen molar-refractivity contribution >= 4 is 23.4 Å². The number of carbonyl (C=O) groups is 2. The molecule has 0 aliphatic carbocycles. The van der Waals surface area contributed by atoms with Gasteiger partial charge >= 0.3 is 0 Å². The second kappa shape index (κ2) is 13.0. The molecule has 1 N–H and O–H groups in total. The second-order valence-electron chi connectivity index (χ2n) is 8.60. The van der Waals surface area contributed by atoms with E-state index in [9.17, 15) is 9.59 Å². The molecule has 0 aliphatic heterocycles. The lowest BCUT2D eigenvalue weighted by atomic mass is 10.0. The molecule has 0 fully saturated rings. The minimum absolute atomic E-state index is 0.0860. The molecule has 0 saturated carbocycles. The summed E-state index contributed by atoms with van der Waals surface area (Å²) in [5.74, 6) is -0.201. The number of unbranched alkanes of at least 4 members (excludes halogenated alkanes) is 1. The summed E-state index contributed by atoms with van der Waals surface area (Å²) in [6.45, 7) is 5.10. The van der Waals surface area contributed by atoms with Crippen LogP contribution in [-0.2, 0) is 29.0 Å². The van der Waals surface area contributed by atoms with Crippen LogP contribution in [0.1, 0.15) is 42.0 Å². The maximum absolute atomic E-state index is 13.7. The van der Waals surface area contributed by atoms with E-state index in [-0.39, 0.29) is 18.2 Å². The van der Waals surface area contributed by atoms with E-state index in [2.05, 4.69) is 12.2 Å². The lowest BCUT2D eigenvalue weighted by Crippen LogP contribution is -2.51. The summed E-state index contributed by atoms with van der Waals surface area (Å²) in [4.78, 5) is 28.9. The molecule has 0 bridgehead atoms. The lowest BCUT2D eigenvalue weighted by Gasteiger charge is -2.32. The van der Waals surface area contributed by atoms with E-state index in [0.717, 1.165) is 35.1 Å². The molecular weight excluding hydrogens is 444 g/mol. The number of amides is 2. The fourth-order valence-corrected chi connectivity index (χ4v) is 4.04. The number of aryl methyl sites for hydroxylation is 1. The van der Waals surface area contributed by atoms with Crippen molar-refractivity contribution in [2.24, 2.45) is 0 Å². The zero-order valence-corrected chi connectivity index (χ0v) is 20.7. The van der Waals surface area contributed by atoms with Crippen molar-refractivity contribution in [3.05, 3.63) is 106 Å². The number of hydrogen-bond donors (Lipinski definition) is 1. The first-order valence-electron chi connectivity index (χ1n) is 11.9. The molecule has 3 rings (SSSR count). The van der Waals surface area contributed by atoms with Gasteiger partial charge in [-0.25, -0.2) is 0 Å². The van der Waals surface area contributed by atoms with Crippen LogP contribution in [0.25, 0.3) is 0 Å². The first-order chi connectivity index (χ1) is 16.5. The number of rotatable bonds is 11. The first-order valence-corrected chi connectivity index (χ1v) is 12.3. The highest BCUT2D eigenvalue weighted by molar-refractivity contribution is 6.30. The van der Waals surface area contributed by atoms with E-state index >= 15 is 0 Å². The van der Waals surface area contributed by atoms with Crippen molar-refractivity contribution in [2.45, 2.75) is 52.1 Å². The minimum atomic E-state index is -0.612. The summed E-state index contributed by atoms with van der Waals surface area (Å²) in [5.41, 5.74) is 4.02. The van der Waals surface area contributed by atoms with Gasteiger partial charge in [0.15, 0.2) is 0 Å². The number of carbonyl (C=O) groups excluding carboxylic acids is 2. The van der Waals surface area contributed by atoms with Gasteiger partial charge in [0, 0.05) is 24.5 Å². The smallest absolute Gasteiger partial charge is 0.243 e. The molecule has 0 spiro atoms. The highest BCUT2D eigenvalue weighted by Gasteiger charge is 2.30. The van der Waals surface area contributed by atoms with E-state index in [1.807, 2.05) is 73.7 Å². The Kier molecular flexibility index (Phi) is 9.72. The van der Waals surface area contributed by atoms with Gasteiger partial charge in [0.1, 0.15) is 6.04 Å². The van der Waals surface area contributed by atoms with Crippen LogP contribution in [0.2, 0.25) is 5.02 Å². The third kappa shape index (κ3) is 7.46. The van der Waals surface area contributed by atoms with E-state index in [1.54, 1.807) is 17.0 Å². The quantitative estimate of drug-likeness (QED) is 0.358. The SMILES string of the molecule is CCCCNC(=O)[C@@H](Cc1ccccc1)N(Cc1ccccc1C)C(=O)Cc1ccc(Cl)cc1. The van der Waals surface area contributed by atoms with Crippen LogP contribution in [-0.4, -0.2) is 29.3 Å². The van der Waals surface area contributed by atoms with Crippen molar-refractivity contribution in [2.75, 3.05) is 6.54 Å². The number of nitrogens with one attached hydrogen (secondary N) is 1. The van der Waals surface area contributed by atoms with Gasteiger partial charge in [-0.3, -0.25) is 9.59 Å². The van der Waals surface area contributed by atoms with E-state index in [1.165, 1.54) is 0 Å². The van der Waals surface area contributed by atoms with Crippen LogP contribution in [0, 0.1) is 6.92 Å². The van der Waals surface area contributed by atoms with Crippen LogP contribution in [0.15, 0.2) is 78.9 Å². The van der Waals surface area contributed by atoms with E-state index in [4.69, 9.17) is 11.6 Å². The van der Waals surface area contributed by atoms with Crippen molar-refractivity contribution < 1.29 is 9.59 Å². The molecule has 5 heteroatoms. The van der Waals surface area contributed by atoms with E-state index in [0.29, 0.717) is 24.5 Å². The van der Waals surface area contributed by atoms with Crippen molar-refractivity contribution in [1.82, 2.24) is 10.2 Å². The molecule has 1 atom stereocenters. The largest absolute Gasteiger partial charge is 0.354 e. The molecule has 34 heavy (non-hydrogen) atoms. The molecule has 2 amide bonds. The van der Waals surface area contributed by atoms with Gasteiger partial charge in [0.2, 0.25) is 11.8 Å². The Morgan fingerprint density at radius 1 is 0.912 bits per heavy atom. The topological polar surface area (TPSA) is 49.4 Å². The average Bonchev–Trinajstić information content (AvgIpc) is 2.84. The molecule has 3 aromatic rings. The lowest BCUT2D eigenvalue weighted by molar-refractivity contribution is -0.140. The number of halogens is 1. The number of nitrogens with zero attached hydrogens (tertiary/aromatic N) is 1. The minimum Gasteiger partial charge on any atom is -0.354 e. The molecule has 178 valence electrons. The first kappa shape index (κ1) is 25.5. The molecule has 4 nitrogen and oxygen atoms in total. The highest BCUT2D eigenvalue weighted by atomic mass is 35.5. The van der Waals surface area contributed by atoms with Crippen LogP contribution >= 0.6 is 11.6 Å². The molecule has 0 radical (unpaired) electrons. The van der Waals surface area contributed by atoms with Gasteiger partial charge in [0.05, 0.1) is 6.42 Å². The molecule has 3 aromatic carbocycles. The Morgan fingerprint density at radius 3 is 2.26 bits per heavy atom. The zero-order chi connectivity index (χ0) is 24.3. The highest BCUT2D eigenvalue weighted by Crippen LogP contribution is 2.19. The Hall–Kier alpha value is -3.11. The molecule has 0 unspecified atom stereocenters. The molecule has 0 saturated heterocycles. The predicted octanol–water partition coefficient (Wildman–Crippen LogP) is 5.75. The average molecular weight is 477 g/mol. The van der Waals surface area contributed by atoms with Gasteiger partial charge in [-0.2, -0.15) is 0 Å². The molecular formula is C29H33ClN2O2. The van der Waals surface area contributed by atoms with E-state index < -0.39 is 6.04 Å². The Labute approximate surface area is 207 Å². The van der Waals surface area contributed by atoms with Gasteiger partial charge < -0.3 is 10.2 Å². The number of hydrogen-bond acceptors (Lipinski definition) is 2. The fourth-order valence-electron chi connectivity index (χ4n) is 3.91. The third-order valence-electron chi connectivity index (χ3n) is 5.97. The van der Waals surface area contributed by atoms with Crippen molar-refractivity contribution in [3.63, 3.8) is 0 Å².